The van der Waals surface area contributed by atoms with Crippen LogP contribution in [0.25, 0.3) is 0 Å². The summed E-state index contributed by atoms with van der Waals surface area (Å²) in [6.07, 6.45) is 0. The Hall–Kier alpha value is -2.19. The van der Waals surface area contributed by atoms with Crippen molar-refractivity contribution >= 4 is 17.1 Å². The van der Waals surface area contributed by atoms with Gasteiger partial charge in [0.25, 0.3) is 0 Å². The molecule has 2 rings (SSSR count). The summed E-state index contributed by atoms with van der Waals surface area (Å²) in [6, 6.07) is 9.09. The molecular formula is C14H8F2O2S. The van der Waals surface area contributed by atoms with Crippen molar-refractivity contribution in [3.8, 4) is 17.6 Å². The molecular weight excluding hydrogens is 270 g/mol. The SMILES string of the molecule is O=C(C#Cc1cccs1)c1ccc(OC(F)F)cc1. The molecule has 0 fully saturated rings. The standard InChI is InChI=1S/C14H8F2O2S/c15-14(16)18-11-5-3-10(4-6-11)13(17)8-7-12-2-1-9-19-12/h1-6,9,14H. The van der Waals surface area contributed by atoms with E-state index in [1.807, 2.05) is 17.5 Å². The van der Waals surface area contributed by atoms with Crippen LogP contribution >= 0.6 is 11.3 Å². The molecule has 1 aromatic heterocycles. The zero-order valence-corrected chi connectivity index (χ0v) is 10.4. The molecule has 0 aliphatic rings. The number of ether oxygens (including phenoxy) is 1. The molecule has 0 atom stereocenters. The molecule has 1 aromatic carbocycles. The number of halogens is 2. The molecule has 5 heteroatoms. The maximum atomic E-state index is 11.9. The maximum absolute atomic E-state index is 11.9. The fourth-order valence-electron chi connectivity index (χ4n) is 1.33. The first-order valence-corrected chi connectivity index (χ1v) is 6.18. The number of hydrogen-bond acceptors (Lipinski definition) is 3. The van der Waals surface area contributed by atoms with E-state index in [0.29, 0.717) is 5.56 Å². The Balaban J connectivity index is 2.07. The lowest BCUT2D eigenvalue weighted by atomic mass is 10.1. The van der Waals surface area contributed by atoms with Gasteiger partial charge in [0.1, 0.15) is 5.75 Å². The van der Waals surface area contributed by atoms with Gasteiger partial charge < -0.3 is 4.74 Å². The molecule has 0 N–H and O–H groups in total. The maximum Gasteiger partial charge on any atom is 0.387 e. The minimum atomic E-state index is -2.87. The number of alkyl halides is 2. The summed E-state index contributed by atoms with van der Waals surface area (Å²) in [7, 11) is 0. The molecule has 1 heterocycles. The van der Waals surface area contributed by atoms with E-state index in [1.54, 1.807) is 0 Å². The van der Waals surface area contributed by atoms with Crippen LogP contribution < -0.4 is 4.74 Å². The molecule has 96 valence electrons. The largest absolute Gasteiger partial charge is 0.435 e. The summed E-state index contributed by atoms with van der Waals surface area (Å²) in [5.74, 6) is 4.88. The normalized spacial score (nSPS) is 9.84. The van der Waals surface area contributed by atoms with Crippen LogP contribution in [0.2, 0.25) is 0 Å². The lowest BCUT2D eigenvalue weighted by Gasteiger charge is -2.03. The highest BCUT2D eigenvalue weighted by atomic mass is 32.1. The zero-order chi connectivity index (χ0) is 13.7. The van der Waals surface area contributed by atoms with Crippen LogP contribution in [-0.4, -0.2) is 12.4 Å². The van der Waals surface area contributed by atoms with Crippen LogP contribution in [0, 0.1) is 11.8 Å². The monoisotopic (exact) mass is 278 g/mol. The second-order valence-electron chi connectivity index (χ2n) is 3.46. The Kier molecular flexibility index (Phi) is 4.26. The van der Waals surface area contributed by atoms with Gasteiger partial charge in [-0.25, -0.2) is 0 Å². The third kappa shape index (κ3) is 3.90. The lowest BCUT2D eigenvalue weighted by Crippen LogP contribution is -2.02. The molecule has 0 saturated carbocycles. The number of carbonyl (C=O) groups is 1. The zero-order valence-electron chi connectivity index (χ0n) is 9.60. The summed E-state index contributed by atoms with van der Waals surface area (Å²) in [5.41, 5.74) is 0.339. The van der Waals surface area contributed by atoms with Crippen LogP contribution in [0.5, 0.6) is 5.75 Å². The van der Waals surface area contributed by atoms with Gasteiger partial charge in [-0.15, -0.1) is 11.3 Å². The topological polar surface area (TPSA) is 26.3 Å². The number of ketones is 1. The third-order valence-electron chi connectivity index (χ3n) is 2.16. The Morgan fingerprint density at radius 1 is 1.21 bits per heavy atom. The molecule has 2 aromatic rings. The molecule has 0 aliphatic carbocycles. The first kappa shape index (κ1) is 13.2. The highest BCUT2D eigenvalue weighted by molar-refractivity contribution is 7.10. The van der Waals surface area contributed by atoms with Crippen LogP contribution in [0.1, 0.15) is 15.2 Å². The predicted molar refractivity (Wildman–Crippen MR) is 68.6 cm³/mol. The van der Waals surface area contributed by atoms with E-state index in [9.17, 15) is 13.6 Å². The quantitative estimate of drug-likeness (QED) is 0.633. The fraction of sp³-hybridized carbons (Fsp3) is 0.0714. The summed E-state index contributed by atoms with van der Waals surface area (Å²) < 4.78 is 28.1. The van der Waals surface area contributed by atoms with Crippen molar-refractivity contribution in [3.05, 3.63) is 52.2 Å². The van der Waals surface area contributed by atoms with Crippen molar-refractivity contribution < 1.29 is 18.3 Å². The summed E-state index contributed by atoms with van der Waals surface area (Å²) >= 11 is 1.44. The summed E-state index contributed by atoms with van der Waals surface area (Å²) in [4.78, 5) is 12.5. The molecule has 0 bridgehead atoms. The number of hydrogen-bond donors (Lipinski definition) is 0. The van der Waals surface area contributed by atoms with Gasteiger partial charge in [0.15, 0.2) is 0 Å². The van der Waals surface area contributed by atoms with Crippen molar-refractivity contribution in [2.45, 2.75) is 6.61 Å². The number of rotatable bonds is 3. The third-order valence-corrected chi connectivity index (χ3v) is 2.95. The Labute approximate surface area is 112 Å². The van der Waals surface area contributed by atoms with E-state index in [4.69, 9.17) is 0 Å². The second kappa shape index (κ2) is 6.12. The predicted octanol–water partition coefficient (Wildman–Crippen LogP) is 3.58. The van der Waals surface area contributed by atoms with Crippen molar-refractivity contribution in [2.24, 2.45) is 0 Å². The number of carbonyl (C=O) groups excluding carboxylic acids is 1. The molecule has 0 saturated heterocycles. The van der Waals surface area contributed by atoms with Gasteiger partial charge >= 0.3 is 6.61 Å². The van der Waals surface area contributed by atoms with Gasteiger partial charge in [0.2, 0.25) is 5.78 Å². The Bertz CT molecular complexity index is 607. The molecule has 2 nitrogen and oxygen atoms in total. The van der Waals surface area contributed by atoms with E-state index < -0.39 is 6.61 Å². The van der Waals surface area contributed by atoms with E-state index in [0.717, 1.165) is 4.88 Å². The van der Waals surface area contributed by atoms with Crippen molar-refractivity contribution in [1.82, 2.24) is 0 Å². The highest BCUT2D eigenvalue weighted by Gasteiger charge is 2.06. The van der Waals surface area contributed by atoms with Crippen molar-refractivity contribution in [3.63, 3.8) is 0 Å². The van der Waals surface area contributed by atoms with Crippen LogP contribution in [0.4, 0.5) is 8.78 Å². The molecule has 0 radical (unpaired) electrons. The van der Waals surface area contributed by atoms with Gasteiger partial charge in [-0.3, -0.25) is 4.79 Å². The van der Waals surface area contributed by atoms with Crippen LogP contribution in [0.3, 0.4) is 0 Å². The molecule has 0 amide bonds. The van der Waals surface area contributed by atoms with E-state index in [-0.39, 0.29) is 11.5 Å². The smallest absolute Gasteiger partial charge is 0.387 e. The Morgan fingerprint density at radius 3 is 2.53 bits per heavy atom. The summed E-state index contributed by atoms with van der Waals surface area (Å²) in [6.45, 7) is -2.87. The first-order chi connectivity index (χ1) is 9.15. The van der Waals surface area contributed by atoms with Crippen molar-refractivity contribution in [2.75, 3.05) is 0 Å². The van der Waals surface area contributed by atoms with E-state index in [1.165, 1.54) is 35.6 Å². The molecule has 0 unspecified atom stereocenters. The lowest BCUT2D eigenvalue weighted by molar-refractivity contribution is -0.0498. The molecule has 0 aliphatic heterocycles. The highest BCUT2D eigenvalue weighted by Crippen LogP contribution is 2.15. The second-order valence-corrected chi connectivity index (χ2v) is 4.41. The van der Waals surface area contributed by atoms with Crippen LogP contribution in [0.15, 0.2) is 41.8 Å². The van der Waals surface area contributed by atoms with E-state index >= 15 is 0 Å². The average Bonchev–Trinajstić information content (AvgIpc) is 2.89. The summed E-state index contributed by atoms with van der Waals surface area (Å²) in [5, 5.41) is 1.87. The number of Topliss-reactive ketones (excluding diaryl/α,β-unsaturated/α-hetero) is 1. The van der Waals surface area contributed by atoms with Crippen molar-refractivity contribution in [1.29, 1.82) is 0 Å². The van der Waals surface area contributed by atoms with Gasteiger partial charge in [-0.2, -0.15) is 8.78 Å². The first-order valence-electron chi connectivity index (χ1n) is 5.30. The Morgan fingerprint density at radius 2 is 1.95 bits per heavy atom. The fourth-order valence-corrected chi connectivity index (χ4v) is 1.90. The van der Waals surface area contributed by atoms with Gasteiger partial charge in [-0.05, 0) is 47.6 Å². The van der Waals surface area contributed by atoms with E-state index in [2.05, 4.69) is 16.6 Å². The minimum Gasteiger partial charge on any atom is -0.435 e. The van der Waals surface area contributed by atoms with Gasteiger partial charge in [0, 0.05) is 5.56 Å². The minimum absolute atomic E-state index is 0.0118. The van der Waals surface area contributed by atoms with Crippen LogP contribution in [-0.2, 0) is 0 Å². The van der Waals surface area contributed by atoms with Gasteiger partial charge in [-0.1, -0.05) is 6.07 Å². The average molecular weight is 278 g/mol. The molecule has 19 heavy (non-hydrogen) atoms. The number of thiophene rings is 1. The van der Waals surface area contributed by atoms with Gasteiger partial charge in [0.05, 0.1) is 4.88 Å². The number of benzene rings is 1. The molecule has 0 spiro atoms.